The third-order valence-corrected chi connectivity index (χ3v) is 4.25. The van der Waals surface area contributed by atoms with Gasteiger partial charge in [0.2, 0.25) is 0 Å². The van der Waals surface area contributed by atoms with Crippen LogP contribution in [0.15, 0.2) is 28.7 Å². The van der Waals surface area contributed by atoms with Crippen LogP contribution in [0.25, 0.3) is 0 Å². The summed E-state index contributed by atoms with van der Waals surface area (Å²) >= 11 is 3.55. The monoisotopic (exact) mass is 324 g/mol. The first-order valence-corrected chi connectivity index (χ1v) is 8.24. The Bertz CT molecular complexity index is 381. The number of nitrogens with one attached hydrogen (secondary N) is 1. The first-order valence-electron chi connectivity index (χ1n) is 7.45. The molecule has 106 valence electrons. The molecule has 1 unspecified atom stereocenters. The highest BCUT2D eigenvalue weighted by Gasteiger charge is 2.19. The molecule has 0 bridgehead atoms. The van der Waals surface area contributed by atoms with Gasteiger partial charge in [0.15, 0.2) is 0 Å². The number of rotatable bonds is 6. The quantitative estimate of drug-likeness (QED) is 0.803. The Morgan fingerprint density at radius 3 is 3.11 bits per heavy atom. The minimum atomic E-state index is 0.826. The number of halogens is 1. The van der Waals surface area contributed by atoms with Crippen LogP contribution in [0.2, 0.25) is 0 Å². The van der Waals surface area contributed by atoms with E-state index >= 15 is 0 Å². The zero-order chi connectivity index (χ0) is 13.5. The van der Waals surface area contributed by atoms with Gasteiger partial charge in [-0.25, -0.2) is 0 Å². The van der Waals surface area contributed by atoms with E-state index in [4.69, 9.17) is 0 Å². The smallest absolute Gasteiger partial charge is 0.0234 e. The molecule has 0 spiro atoms. The summed E-state index contributed by atoms with van der Waals surface area (Å²) in [6, 6.07) is 8.68. The van der Waals surface area contributed by atoms with Crippen molar-refractivity contribution < 1.29 is 0 Å². The SMILES string of the molecule is CCCNCC1CCCN(Cc2cccc(Br)c2)C1. The molecule has 0 saturated carbocycles. The molecular weight excluding hydrogens is 300 g/mol. The molecule has 2 rings (SSSR count). The highest BCUT2D eigenvalue weighted by atomic mass is 79.9. The molecule has 1 aromatic rings. The fourth-order valence-electron chi connectivity index (χ4n) is 2.84. The van der Waals surface area contributed by atoms with E-state index in [-0.39, 0.29) is 0 Å². The van der Waals surface area contributed by atoms with Crippen molar-refractivity contribution in [3.8, 4) is 0 Å². The molecular formula is C16H25BrN2. The summed E-state index contributed by atoms with van der Waals surface area (Å²) in [5.41, 5.74) is 1.41. The van der Waals surface area contributed by atoms with Gasteiger partial charge in [-0.15, -0.1) is 0 Å². The van der Waals surface area contributed by atoms with Crippen LogP contribution in [0.5, 0.6) is 0 Å². The lowest BCUT2D eigenvalue weighted by atomic mass is 9.97. The fourth-order valence-corrected chi connectivity index (χ4v) is 3.28. The van der Waals surface area contributed by atoms with Crippen LogP contribution >= 0.6 is 15.9 Å². The van der Waals surface area contributed by atoms with E-state index < -0.39 is 0 Å². The number of piperidine rings is 1. The number of nitrogens with zero attached hydrogens (tertiary/aromatic N) is 1. The summed E-state index contributed by atoms with van der Waals surface area (Å²) in [6.45, 7) is 8.14. The average Bonchev–Trinajstić information content (AvgIpc) is 2.39. The van der Waals surface area contributed by atoms with Crippen molar-refractivity contribution in [2.45, 2.75) is 32.7 Å². The van der Waals surface area contributed by atoms with Crippen molar-refractivity contribution in [2.75, 3.05) is 26.2 Å². The maximum absolute atomic E-state index is 3.56. The molecule has 19 heavy (non-hydrogen) atoms. The zero-order valence-corrected chi connectivity index (χ0v) is 13.5. The second-order valence-corrected chi connectivity index (χ2v) is 6.49. The maximum atomic E-state index is 3.56. The van der Waals surface area contributed by atoms with Gasteiger partial charge in [-0.05, 0) is 62.5 Å². The standard InChI is InChI=1S/C16H25BrN2/c1-2-8-18-11-15-6-4-9-19(13-15)12-14-5-3-7-16(17)10-14/h3,5,7,10,15,18H,2,4,6,8-9,11-13H2,1H3. The lowest BCUT2D eigenvalue weighted by Gasteiger charge is -2.33. The molecule has 3 heteroatoms. The molecule has 1 N–H and O–H groups in total. The van der Waals surface area contributed by atoms with E-state index in [1.165, 1.54) is 48.9 Å². The van der Waals surface area contributed by atoms with Crippen LogP contribution in [0, 0.1) is 5.92 Å². The van der Waals surface area contributed by atoms with E-state index in [0.29, 0.717) is 0 Å². The largest absolute Gasteiger partial charge is 0.316 e. The van der Waals surface area contributed by atoms with E-state index in [1.54, 1.807) is 0 Å². The number of benzene rings is 1. The van der Waals surface area contributed by atoms with E-state index in [9.17, 15) is 0 Å². The third kappa shape index (κ3) is 5.25. The lowest BCUT2D eigenvalue weighted by Crippen LogP contribution is -2.39. The van der Waals surface area contributed by atoms with Gasteiger partial charge in [-0.2, -0.15) is 0 Å². The van der Waals surface area contributed by atoms with Gasteiger partial charge in [0, 0.05) is 17.6 Å². The highest BCUT2D eigenvalue weighted by Crippen LogP contribution is 2.19. The molecule has 1 heterocycles. The molecule has 1 saturated heterocycles. The second-order valence-electron chi connectivity index (χ2n) is 5.58. The minimum Gasteiger partial charge on any atom is -0.316 e. The van der Waals surface area contributed by atoms with Gasteiger partial charge in [0.05, 0.1) is 0 Å². The Labute approximate surface area is 125 Å². The van der Waals surface area contributed by atoms with Gasteiger partial charge in [0.25, 0.3) is 0 Å². The van der Waals surface area contributed by atoms with Crippen LogP contribution in [-0.2, 0) is 6.54 Å². The third-order valence-electron chi connectivity index (χ3n) is 3.76. The van der Waals surface area contributed by atoms with Crippen molar-refractivity contribution in [3.05, 3.63) is 34.3 Å². The summed E-state index contributed by atoms with van der Waals surface area (Å²) in [5, 5.41) is 3.56. The van der Waals surface area contributed by atoms with E-state index in [2.05, 4.69) is 57.3 Å². The summed E-state index contributed by atoms with van der Waals surface area (Å²) in [6.07, 6.45) is 3.95. The maximum Gasteiger partial charge on any atom is 0.0234 e. The Hall–Kier alpha value is -0.380. The number of hydrogen-bond donors (Lipinski definition) is 1. The Morgan fingerprint density at radius 1 is 1.42 bits per heavy atom. The van der Waals surface area contributed by atoms with Crippen LogP contribution in [0.3, 0.4) is 0 Å². The zero-order valence-electron chi connectivity index (χ0n) is 11.9. The molecule has 0 radical (unpaired) electrons. The minimum absolute atomic E-state index is 0.826. The average molecular weight is 325 g/mol. The molecule has 0 amide bonds. The van der Waals surface area contributed by atoms with E-state index in [1.807, 2.05) is 0 Å². The van der Waals surface area contributed by atoms with Crippen LogP contribution in [-0.4, -0.2) is 31.1 Å². The molecule has 1 fully saturated rings. The summed E-state index contributed by atoms with van der Waals surface area (Å²) in [4.78, 5) is 2.60. The topological polar surface area (TPSA) is 15.3 Å². The van der Waals surface area contributed by atoms with Crippen molar-refractivity contribution in [3.63, 3.8) is 0 Å². The summed E-state index contributed by atoms with van der Waals surface area (Å²) in [5.74, 6) is 0.826. The lowest BCUT2D eigenvalue weighted by molar-refractivity contribution is 0.165. The van der Waals surface area contributed by atoms with Gasteiger partial charge in [-0.1, -0.05) is 35.0 Å². The van der Waals surface area contributed by atoms with Crippen molar-refractivity contribution in [1.82, 2.24) is 10.2 Å². The molecule has 2 nitrogen and oxygen atoms in total. The van der Waals surface area contributed by atoms with Gasteiger partial charge >= 0.3 is 0 Å². The second kappa shape index (κ2) is 8.03. The fraction of sp³-hybridized carbons (Fsp3) is 0.625. The van der Waals surface area contributed by atoms with Crippen LogP contribution < -0.4 is 5.32 Å². The predicted molar refractivity (Wildman–Crippen MR) is 85.3 cm³/mol. The Morgan fingerprint density at radius 2 is 2.32 bits per heavy atom. The highest BCUT2D eigenvalue weighted by molar-refractivity contribution is 9.10. The van der Waals surface area contributed by atoms with E-state index in [0.717, 1.165) is 19.0 Å². The molecule has 1 atom stereocenters. The first-order chi connectivity index (χ1) is 9.28. The molecule has 0 aliphatic carbocycles. The van der Waals surface area contributed by atoms with Gasteiger partial charge in [-0.3, -0.25) is 4.90 Å². The van der Waals surface area contributed by atoms with Crippen molar-refractivity contribution >= 4 is 15.9 Å². The molecule has 1 aliphatic heterocycles. The first kappa shape index (κ1) is 15.0. The number of likely N-dealkylation sites (tertiary alicyclic amines) is 1. The predicted octanol–water partition coefficient (Wildman–Crippen LogP) is 3.66. The normalized spacial score (nSPS) is 20.6. The van der Waals surface area contributed by atoms with Gasteiger partial charge < -0.3 is 5.32 Å². The van der Waals surface area contributed by atoms with Crippen LogP contribution in [0.4, 0.5) is 0 Å². The van der Waals surface area contributed by atoms with Crippen LogP contribution in [0.1, 0.15) is 31.7 Å². The Balaban J connectivity index is 1.80. The summed E-state index contributed by atoms with van der Waals surface area (Å²) < 4.78 is 1.18. The molecule has 1 aliphatic rings. The summed E-state index contributed by atoms with van der Waals surface area (Å²) in [7, 11) is 0. The van der Waals surface area contributed by atoms with Crippen molar-refractivity contribution in [2.24, 2.45) is 5.92 Å². The number of hydrogen-bond acceptors (Lipinski definition) is 2. The van der Waals surface area contributed by atoms with Gasteiger partial charge in [0.1, 0.15) is 0 Å². The molecule has 1 aromatic carbocycles. The van der Waals surface area contributed by atoms with Crippen molar-refractivity contribution in [1.29, 1.82) is 0 Å². The molecule has 0 aromatic heterocycles. The Kier molecular flexibility index (Phi) is 6.35.